The highest BCUT2D eigenvalue weighted by atomic mass is 79.9. The lowest BCUT2D eigenvalue weighted by molar-refractivity contribution is 0.0527. The van der Waals surface area contributed by atoms with Gasteiger partial charge in [0.15, 0.2) is 0 Å². The lowest BCUT2D eigenvalue weighted by Crippen LogP contribution is -2.10. The van der Waals surface area contributed by atoms with E-state index in [1.165, 1.54) is 24.4 Å². The molecule has 0 spiro atoms. The van der Waals surface area contributed by atoms with E-state index in [2.05, 4.69) is 26.2 Å². The Morgan fingerprint density at radius 3 is 2.95 bits per heavy atom. The predicted octanol–water partition coefficient (Wildman–Crippen LogP) is 3.49. The Kier molecular flexibility index (Phi) is 4.74. The van der Waals surface area contributed by atoms with Crippen LogP contribution in [0.2, 0.25) is 0 Å². The van der Waals surface area contributed by atoms with Gasteiger partial charge in [0.25, 0.3) is 0 Å². The minimum Gasteiger partial charge on any atom is -0.462 e. The fourth-order valence-corrected chi connectivity index (χ4v) is 2.01. The van der Waals surface area contributed by atoms with E-state index >= 15 is 0 Å². The molecule has 1 aromatic carbocycles. The molecule has 0 aliphatic carbocycles. The number of benzene rings is 1. The van der Waals surface area contributed by atoms with Gasteiger partial charge in [0.1, 0.15) is 17.2 Å². The molecule has 0 saturated heterocycles. The van der Waals surface area contributed by atoms with Crippen LogP contribution in [0, 0.1) is 5.82 Å². The van der Waals surface area contributed by atoms with E-state index in [1.807, 2.05) is 0 Å². The van der Waals surface area contributed by atoms with E-state index in [1.54, 1.807) is 13.0 Å². The second kappa shape index (κ2) is 6.53. The van der Waals surface area contributed by atoms with Crippen molar-refractivity contribution in [2.75, 3.05) is 17.7 Å². The standard InChI is InChI=1S/C14H13BrFN3O2/c1-2-21-14(20)10-6-9(17)7-18-13(10)19-12-5-8(16)3-4-11(12)15/h3-7H,2,17H2,1H3,(H,18,19). The molecule has 1 aromatic heterocycles. The zero-order valence-corrected chi connectivity index (χ0v) is 12.8. The van der Waals surface area contributed by atoms with Gasteiger partial charge >= 0.3 is 5.97 Å². The van der Waals surface area contributed by atoms with Gasteiger partial charge < -0.3 is 15.8 Å². The average Bonchev–Trinajstić information content (AvgIpc) is 2.45. The van der Waals surface area contributed by atoms with E-state index in [4.69, 9.17) is 10.5 Å². The topological polar surface area (TPSA) is 77.2 Å². The number of carbonyl (C=O) groups is 1. The SMILES string of the molecule is CCOC(=O)c1cc(N)cnc1Nc1cc(F)ccc1Br. The summed E-state index contributed by atoms with van der Waals surface area (Å²) in [6, 6.07) is 5.62. The Bertz CT molecular complexity index is 679. The van der Waals surface area contributed by atoms with Crippen molar-refractivity contribution in [3.63, 3.8) is 0 Å². The molecule has 2 aromatic rings. The Balaban J connectivity index is 2.39. The van der Waals surface area contributed by atoms with Gasteiger partial charge in [-0.1, -0.05) is 0 Å². The fraction of sp³-hybridized carbons (Fsp3) is 0.143. The molecule has 7 heteroatoms. The maximum Gasteiger partial charge on any atom is 0.341 e. The molecule has 0 atom stereocenters. The highest BCUT2D eigenvalue weighted by Gasteiger charge is 2.15. The smallest absolute Gasteiger partial charge is 0.341 e. The summed E-state index contributed by atoms with van der Waals surface area (Å²) in [7, 11) is 0. The molecule has 0 fully saturated rings. The first-order chi connectivity index (χ1) is 10.0. The largest absolute Gasteiger partial charge is 0.462 e. The zero-order valence-electron chi connectivity index (χ0n) is 11.2. The number of hydrogen-bond donors (Lipinski definition) is 2. The minimum absolute atomic E-state index is 0.188. The Hall–Kier alpha value is -2.15. The minimum atomic E-state index is -0.549. The molecule has 0 aliphatic rings. The molecule has 21 heavy (non-hydrogen) atoms. The van der Waals surface area contributed by atoms with E-state index in [0.29, 0.717) is 15.8 Å². The summed E-state index contributed by atoms with van der Waals surface area (Å²) in [6.07, 6.45) is 1.40. The van der Waals surface area contributed by atoms with Crippen molar-refractivity contribution in [3.8, 4) is 0 Å². The number of rotatable bonds is 4. The number of esters is 1. The third-order valence-corrected chi connectivity index (χ3v) is 3.28. The van der Waals surface area contributed by atoms with Gasteiger partial charge in [0.05, 0.1) is 24.2 Å². The molecule has 1 heterocycles. The third-order valence-electron chi connectivity index (χ3n) is 2.59. The first kappa shape index (κ1) is 15.2. The van der Waals surface area contributed by atoms with Gasteiger partial charge in [-0.05, 0) is 47.1 Å². The van der Waals surface area contributed by atoms with Crippen LogP contribution in [-0.4, -0.2) is 17.6 Å². The van der Waals surface area contributed by atoms with Crippen LogP contribution in [0.3, 0.4) is 0 Å². The summed E-state index contributed by atoms with van der Waals surface area (Å²) in [4.78, 5) is 16.0. The van der Waals surface area contributed by atoms with Crippen molar-refractivity contribution in [2.24, 2.45) is 0 Å². The number of halogens is 2. The lowest BCUT2D eigenvalue weighted by Gasteiger charge is -2.12. The first-order valence-corrected chi connectivity index (χ1v) is 6.95. The van der Waals surface area contributed by atoms with Gasteiger partial charge in [-0.3, -0.25) is 0 Å². The summed E-state index contributed by atoms with van der Waals surface area (Å²) >= 11 is 3.30. The van der Waals surface area contributed by atoms with Crippen molar-refractivity contribution in [1.82, 2.24) is 4.98 Å². The van der Waals surface area contributed by atoms with Crippen LogP contribution in [0.1, 0.15) is 17.3 Å². The summed E-state index contributed by atoms with van der Waals surface area (Å²) < 4.78 is 18.9. The number of ether oxygens (including phenoxy) is 1. The van der Waals surface area contributed by atoms with Crippen LogP contribution < -0.4 is 11.1 Å². The Morgan fingerprint density at radius 1 is 1.48 bits per heavy atom. The molecule has 110 valence electrons. The van der Waals surface area contributed by atoms with Gasteiger partial charge in [0.2, 0.25) is 0 Å². The number of nitrogens with zero attached hydrogens (tertiary/aromatic N) is 1. The Labute approximate surface area is 129 Å². The predicted molar refractivity (Wildman–Crippen MR) is 82.0 cm³/mol. The molecule has 0 bridgehead atoms. The van der Waals surface area contributed by atoms with Crippen molar-refractivity contribution in [2.45, 2.75) is 6.92 Å². The van der Waals surface area contributed by atoms with Crippen molar-refractivity contribution in [3.05, 3.63) is 46.3 Å². The average molecular weight is 354 g/mol. The lowest BCUT2D eigenvalue weighted by atomic mass is 10.2. The van der Waals surface area contributed by atoms with Crippen molar-refractivity contribution in [1.29, 1.82) is 0 Å². The first-order valence-electron chi connectivity index (χ1n) is 6.16. The van der Waals surface area contributed by atoms with Crippen LogP contribution in [0.15, 0.2) is 34.9 Å². The van der Waals surface area contributed by atoms with Crippen LogP contribution in [0.5, 0.6) is 0 Å². The molecule has 0 aliphatic heterocycles. The maximum atomic E-state index is 13.3. The maximum absolute atomic E-state index is 13.3. The van der Waals surface area contributed by atoms with E-state index in [0.717, 1.165) is 0 Å². The Morgan fingerprint density at radius 2 is 2.24 bits per heavy atom. The number of nitrogens with two attached hydrogens (primary N) is 1. The highest BCUT2D eigenvalue weighted by molar-refractivity contribution is 9.10. The molecule has 0 saturated carbocycles. The second-order valence-corrected chi connectivity index (χ2v) is 4.99. The van der Waals surface area contributed by atoms with E-state index in [9.17, 15) is 9.18 Å². The molecule has 2 rings (SSSR count). The molecule has 3 N–H and O–H groups in total. The molecular formula is C14H13BrFN3O2. The quantitative estimate of drug-likeness (QED) is 0.822. The second-order valence-electron chi connectivity index (χ2n) is 4.13. The summed E-state index contributed by atoms with van der Waals surface area (Å²) in [5.41, 5.74) is 6.61. The molecule has 0 radical (unpaired) electrons. The summed E-state index contributed by atoms with van der Waals surface area (Å²) in [6.45, 7) is 1.94. The summed E-state index contributed by atoms with van der Waals surface area (Å²) in [5, 5.41) is 2.89. The molecule has 5 nitrogen and oxygen atoms in total. The van der Waals surface area contributed by atoms with Crippen molar-refractivity contribution < 1.29 is 13.9 Å². The highest BCUT2D eigenvalue weighted by Crippen LogP contribution is 2.28. The normalized spacial score (nSPS) is 10.2. The van der Waals surface area contributed by atoms with Crippen LogP contribution in [0.25, 0.3) is 0 Å². The summed E-state index contributed by atoms with van der Waals surface area (Å²) in [5.74, 6) is -0.713. The zero-order chi connectivity index (χ0) is 15.4. The van der Waals surface area contributed by atoms with E-state index < -0.39 is 11.8 Å². The van der Waals surface area contributed by atoms with Gasteiger partial charge in [-0.25, -0.2) is 14.2 Å². The fourth-order valence-electron chi connectivity index (χ4n) is 1.67. The monoisotopic (exact) mass is 353 g/mol. The van der Waals surface area contributed by atoms with Crippen molar-refractivity contribution >= 4 is 39.1 Å². The van der Waals surface area contributed by atoms with Gasteiger partial charge in [-0.15, -0.1) is 0 Å². The third kappa shape index (κ3) is 3.69. The van der Waals surface area contributed by atoms with Gasteiger partial charge in [0, 0.05) is 4.47 Å². The number of aromatic nitrogens is 1. The number of hydrogen-bond acceptors (Lipinski definition) is 5. The number of nitrogen functional groups attached to an aromatic ring is 1. The number of carbonyl (C=O) groups excluding carboxylic acids is 1. The molecule has 0 amide bonds. The number of nitrogens with one attached hydrogen (secondary N) is 1. The van der Waals surface area contributed by atoms with Crippen LogP contribution in [0.4, 0.5) is 21.6 Å². The number of anilines is 3. The molecular weight excluding hydrogens is 341 g/mol. The van der Waals surface area contributed by atoms with Gasteiger partial charge in [-0.2, -0.15) is 0 Å². The van der Waals surface area contributed by atoms with Crippen LogP contribution >= 0.6 is 15.9 Å². The number of pyridine rings is 1. The van der Waals surface area contributed by atoms with E-state index in [-0.39, 0.29) is 18.0 Å². The van der Waals surface area contributed by atoms with Crippen LogP contribution in [-0.2, 0) is 4.74 Å². The molecule has 0 unspecified atom stereocenters.